The highest BCUT2D eigenvalue weighted by atomic mass is 19.4. The van der Waals surface area contributed by atoms with Gasteiger partial charge in [0.05, 0.1) is 11.7 Å². The number of aromatic amines is 1. The fraction of sp³-hybridized carbons (Fsp3) is 0.0556. The van der Waals surface area contributed by atoms with Crippen LogP contribution in [0.5, 0.6) is 0 Å². The zero-order valence-electron chi connectivity index (χ0n) is 14.0. The fourth-order valence-electron chi connectivity index (χ4n) is 2.56. The summed E-state index contributed by atoms with van der Waals surface area (Å²) >= 11 is 0. The van der Waals surface area contributed by atoms with Crippen LogP contribution >= 0.6 is 0 Å². The Balaban J connectivity index is 0.000000279. The summed E-state index contributed by atoms with van der Waals surface area (Å²) in [5.41, 5.74) is 10.6. The maximum atomic E-state index is 12.1. The molecule has 0 saturated heterocycles. The summed E-state index contributed by atoms with van der Waals surface area (Å²) in [5.74, 6) is -2.87. The number of anilines is 2. The average Bonchev–Trinajstić information content (AvgIpc) is 3.19. The van der Waals surface area contributed by atoms with Gasteiger partial charge >= 0.3 is 12.1 Å². The summed E-state index contributed by atoms with van der Waals surface area (Å²) in [6.45, 7) is 0. The van der Waals surface area contributed by atoms with E-state index in [0.717, 1.165) is 27.7 Å². The number of nitrogens with one attached hydrogen (secondary N) is 2. The summed E-state index contributed by atoms with van der Waals surface area (Å²) in [5, 5.41) is 17.9. The smallest absolute Gasteiger partial charge is 0.475 e. The molecule has 144 valence electrons. The molecule has 1 amide bonds. The number of carbonyl (C=O) groups is 2. The van der Waals surface area contributed by atoms with E-state index in [1.807, 2.05) is 36.4 Å². The second-order valence-corrected chi connectivity index (χ2v) is 5.84. The summed E-state index contributed by atoms with van der Waals surface area (Å²) in [4.78, 5) is 21.0. The van der Waals surface area contributed by atoms with Gasteiger partial charge < -0.3 is 16.2 Å². The van der Waals surface area contributed by atoms with Gasteiger partial charge in [0.2, 0.25) is 0 Å². The molecule has 28 heavy (non-hydrogen) atoms. The predicted molar refractivity (Wildman–Crippen MR) is 97.1 cm³/mol. The summed E-state index contributed by atoms with van der Waals surface area (Å²) in [6.07, 6.45) is -1.45. The van der Waals surface area contributed by atoms with Crippen LogP contribution in [0.15, 0.2) is 42.6 Å². The van der Waals surface area contributed by atoms with E-state index in [4.69, 9.17) is 15.6 Å². The lowest BCUT2D eigenvalue weighted by atomic mass is 10.0. The van der Waals surface area contributed by atoms with Crippen molar-refractivity contribution < 1.29 is 27.9 Å². The van der Waals surface area contributed by atoms with Crippen LogP contribution in [0.3, 0.4) is 0 Å². The third-order valence-corrected chi connectivity index (χ3v) is 3.85. The van der Waals surface area contributed by atoms with Gasteiger partial charge in [0.25, 0.3) is 5.91 Å². The third-order valence-electron chi connectivity index (χ3n) is 3.85. The Morgan fingerprint density at radius 2 is 1.89 bits per heavy atom. The lowest BCUT2D eigenvalue weighted by molar-refractivity contribution is -0.192. The molecule has 0 atom stereocenters. The SMILES string of the molecule is Nc1ccc2c(c1)C(=Cc1ccc3cn[nH]c3c1)C(=O)N2.O=C(O)C(F)(F)F. The molecule has 3 aromatic rings. The monoisotopic (exact) mass is 390 g/mol. The van der Waals surface area contributed by atoms with E-state index in [9.17, 15) is 18.0 Å². The van der Waals surface area contributed by atoms with Crippen LogP contribution in [0, 0.1) is 0 Å². The zero-order valence-corrected chi connectivity index (χ0v) is 14.0. The van der Waals surface area contributed by atoms with Gasteiger partial charge in [-0.15, -0.1) is 0 Å². The number of nitrogens with zero attached hydrogens (tertiary/aromatic N) is 1. The van der Waals surface area contributed by atoms with Gasteiger partial charge in [-0.05, 0) is 35.9 Å². The van der Waals surface area contributed by atoms with Crippen molar-refractivity contribution in [3.05, 3.63) is 53.7 Å². The largest absolute Gasteiger partial charge is 0.490 e. The second kappa shape index (κ2) is 7.06. The van der Waals surface area contributed by atoms with E-state index in [2.05, 4.69) is 15.5 Å². The number of alkyl halides is 3. The molecule has 0 fully saturated rings. The van der Waals surface area contributed by atoms with Crippen molar-refractivity contribution in [2.45, 2.75) is 6.18 Å². The molecular formula is C18H13F3N4O3. The zero-order chi connectivity index (χ0) is 20.5. The van der Waals surface area contributed by atoms with Crippen LogP contribution in [0.2, 0.25) is 0 Å². The molecule has 1 aromatic heterocycles. The van der Waals surface area contributed by atoms with Crippen LogP contribution in [0.25, 0.3) is 22.6 Å². The number of halogens is 3. The van der Waals surface area contributed by atoms with E-state index in [1.165, 1.54) is 0 Å². The first kappa shape index (κ1) is 19.0. The minimum Gasteiger partial charge on any atom is -0.475 e. The number of amides is 1. The number of aromatic nitrogens is 2. The first-order valence-corrected chi connectivity index (χ1v) is 7.81. The van der Waals surface area contributed by atoms with E-state index < -0.39 is 12.1 Å². The molecule has 2 heterocycles. The number of carboxylic acids is 1. The van der Waals surface area contributed by atoms with E-state index in [0.29, 0.717) is 11.3 Å². The van der Waals surface area contributed by atoms with Crippen LogP contribution in [-0.2, 0) is 9.59 Å². The van der Waals surface area contributed by atoms with Crippen molar-refractivity contribution in [2.24, 2.45) is 0 Å². The van der Waals surface area contributed by atoms with E-state index in [1.54, 1.807) is 12.3 Å². The molecule has 7 nitrogen and oxygen atoms in total. The molecule has 4 rings (SSSR count). The molecule has 0 unspecified atom stereocenters. The first-order chi connectivity index (χ1) is 13.1. The maximum Gasteiger partial charge on any atom is 0.490 e. The Hall–Kier alpha value is -3.82. The Labute approximate surface area is 155 Å². The average molecular weight is 390 g/mol. The third kappa shape index (κ3) is 3.95. The van der Waals surface area contributed by atoms with Crippen LogP contribution < -0.4 is 11.1 Å². The van der Waals surface area contributed by atoms with Crippen molar-refractivity contribution in [1.82, 2.24) is 10.2 Å². The van der Waals surface area contributed by atoms with Gasteiger partial charge in [-0.3, -0.25) is 9.89 Å². The molecule has 5 N–H and O–H groups in total. The Kier molecular flexibility index (Phi) is 4.78. The lowest BCUT2D eigenvalue weighted by Gasteiger charge is -2.00. The van der Waals surface area contributed by atoms with Gasteiger partial charge in [-0.2, -0.15) is 18.3 Å². The summed E-state index contributed by atoms with van der Waals surface area (Å²) in [6, 6.07) is 11.3. The van der Waals surface area contributed by atoms with Gasteiger partial charge in [0.1, 0.15) is 0 Å². The normalized spacial score (nSPS) is 14.4. The van der Waals surface area contributed by atoms with Gasteiger partial charge in [0, 0.05) is 27.9 Å². The highest BCUT2D eigenvalue weighted by Crippen LogP contribution is 2.34. The first-order valence-electron chi connectivity index (χ1n) is 7.81. The Morgan fingerprint density at radius 1 is 1.18 bits per heavy atom. The number of aliphatic carboxylic acids is 1. The number of benzene rings is 2. The molecule has 0 aliphatic carbocycles. The van der Waals surface area contributed by atoms with Crippen molar-refractivity contribution in [3.8, 4) is 0 Å². The van der Waals surface area contributed by atoms with Crippen molar-refractivity contribution in [2.75, 3.05) is 11.1 Å². The molecule has 0 spiro atoms. The highest BCUT2D eigenvalue weighted by molar-refractivity contribution is 6.35. The lowest BCUT2D eigenvalue weighted by Crippen LogP contribution is -2.21. The minimum atomic E-state index is -5.08. The van der Waals surface area contributed by atoms with Crippen LogP contribution in [0.4, 0.5) is 24.5 Å². The van der Waals surface area contributed by atoms with E-state index in [-0.39, 0.29) is 5.91 Å². The number of nitrogen functional groups attached to an aromatic ring is 1. The number of fused-ring (bicyclic) bond motifs is 2. The van der Waals surface area contributed by atoms with Crippen molar-refractivity contribution >= 4 is 45.8 Å². The highest BCUT2D eigenvalue weighted by Gasteiger charge is 2.38. The van der Waals surface area contributed by atoms with Crippen molar-refractivity contribution in [3.63, 3.8) is 0 Å². The van der Waals surface area contributed by atoms with Crippen molar-refractivity contribution in [1.29, 1.82) is 0 Å². The molecular weight excluding hydrogens is 377 g/mol. The summed E-state index contributed by atoms with van der Waals surface area (Å²) < 4.78 is 31.7. The molecule has 0 bridgehead atoms. The molecule has 1 aliphatic heterocycles. The van der Waals surface area contributed by atoms with E-state index >= 15 is 0 Å². The molecule has 1 aliphatic rings. The Morgan fingerprint density at radius 3 is 2.57 bits per heavy atom. The molecule has 10 heteroatoms. The standard InChI is InChI=1S/C16H12N4O.C2HF3O2/c17-11-3-4-14-12(7-11)13(16(21)19-14)5-9-1-2-10-8-18-20-15(10)6-9;3-2(4,5)1(6)7/h1-8H,17H2,(H,18,20)(H,19,21);(H,6,7). The number of carbonyl (C=O) groups excluding carboxylic acids is 1. The summed E-state index contributed by atoms with van der Waals surface area (Å²) in [7, 11) is 0. The number of hydrogen-bond acceptors (Lipinski definition) is 4. The molecule has 0 radical (unpaired) electrons. The van der Waals surface area contributed by atoms with Crippen LogP contribution in [0.1, 0.15) is 11.1 Å². The molecule has 0 saturated carbocycles. The van der Waals surface area contributed by atoms with Gasteiger partial charge in [-0.1, -0.05) is 12.1 Å². The number of rotatable bonds is 1. The fourth-order valence-corrected chi connectivity index (χ4v) is 2.56. The predicted octanol–water partition coefficient (Wildman–Crippen LogP) is 3.27. The molecule has 2 aromatic carbocycles. The quantitative estimate of drug-likeness (QED) is 0.375. The maximum absolute atomic E-state index is 12.1. The number of carboxylic acid groups (broad SMARTS) is 1. The minimum absolute atomic E-state index is 0.111. The Bertz CT molecular complexity index is 1100. The van der Waals surface area contributed by atoms with Crippen LogP contribution in [-0.4, -0.2) is 33.4 Å². The topological polar surface area (TPSA) is 121 Å². The van der Waals surface area contributed by atoms with Gasteiger partial charge in [-0.25, -0.2) is 4.79 Å². The number of H-pyrrole nitrogens is 1. The van der Waals surface area contributed by atoms with Gasteiger partial charge in [0.15, 0.2) is 0 Å². The number of nitrogens with two attached hydrogens (primary N) is 1. The second-order valence-electron chi connectivity index (χ2n) is 5.84. The number of hydrogen-bond donors (Lipinski definition) is 4.